The average molecular weight is 338 g/mol. The minimum atomic E-state index is -0.163. The number of nitrogens with zero attached hydrogens (tertiary/aromatic N) is 4. The van der Waals surface area contributed by atoms with Crippen molar-refractivity contribution in [2.45, 2.75) is 13.1 Å². The van der Waals surface area contributed by atoms with Crippen LogP contribution in [0.5, 0.6) is 0 Å². The van der Waals surface area contributed by atoms with E-state index in [9.17, 15) is 4.79 Å². The van der Waals surface area contributed by atoms with Crippen molar-refractivity contribution < 1.29 is 4.79 Å². The third-order valence-corrected chi connectivity index (χ3v) is 3.60. The van der Waals surface area contributed by atoms with Gasteiger partial charge < -0.3 is 10.6 Å². The molecule has 0 aliphatic rings. The van der Waals surface area contributed by atoms with E-state index in [1.54, 1.807) is 22.8 Å². The van der Waals surface area contributed by atoms with Crippen molar-refractivity contribution in [1.29, 1.82) is 0 Å². The molecule has 0 aliphatic carbocycles. The van der Waals surface area contributed by atoms with Gasteiger partial charge >= 0.3 is 0 Å². The predicted molar refractivity (Wildman–Crippen MR) is 79.0 cm³/mol. The van der Waals surface area contributed by atoms with Gasteiger partial charge in [-0.3, -0.25) is 9.48 Å². The molecule has 0 bridgehead atoms. The first kappa shape index (κ1) is 14.7. The van der Waals surface area contributed by atoms with Crippen LogP contribution < -0.4 is 5.73 Å². The summed E-state index contributed by atoms with van der Waals surface area (Å²) in [7, 11) is 1.74. The first-order valence-electron chi connectivity index (χ1n) is 6.21. The molecule has 1 amide bonds. The van der Waals surface area contributed by atoms with Crippen molar-refractivity contribution in [2.24, 2.45) is 5.73 Å². The molecule has 0 spiro atoms. The van der Waals surface area contributed by atoms with Crippen LogP contribution in [-0.2, 0) is 13.1 Å². The van der Waals surface area contributed by atoms with Crippen molar-refractivity contribution in [2.75, 3.05) is 13.6 Å². The van der Waals surface area contributed by atoms with Crippen LogP contribution in [0.25, 0.3) is 0 Å². The molecule has 1 heterocycles. The molecule has 2 rings (SSSR count). The van der Waals surface area contributed by atoms with Gasteiger partial charge in [0.05, 0.1) is 12.7 Å². The lowest BCUT2D eigenvalue weighted by molar-refractivity contribution is 0.0779. The Morgan fingerprint density at radius 1 is 1.45 bits per heavy atom. The largest absolute Gasteiger partial charge is 0.336 e. The summed E-state index contributed by atoms with van der Waals surface area (Å²) < 4.78 is 2.55. The molecule has 2 aromatic rings. The van der Waals surface area contributed by atoms with Gasteiger partial charge in [0.1, 0.15) is 0 Å². The van der Waals surface area contributed by atoms with Gasteiger partial charge in [0, 0.05) is 24.6 Å². The van der Waals surface area contributed by atoms with Crippen LogP contribution in [0, 0.1) is 0 Å². The highest BCUT2D eigenvalue weighted by Gasteiger charge is 2.16. The van der Waals surface area contributed by atoms with Gasteiger partial charge in [0.2, 0.25) is 0 Å². The van der Waals surface area contributed by atoms with Crippen molar-refractivity contribution in [3.05, 3.63) is 46.2 Å². The van der Waals surface area contributed by atoms with Gasteiger partial charge in [-0.05, 0) is 11.6 Å². The highest BCUT2D eigenvalue weighted by molar-refractivity contribution is 9.10. The van der Waals surface area contributed by atoms with Crippen molar-refractivity contribution in [3.63, 3.8) is 0 Å². The molecule has 0 fully saturated rings. The normalized spacial score (nSPS) is 10.6. The molecule has 0 saturated heterocycles. The van der Waals surface area contributed by atoms with Crippen LogP contribution in [0.1, 0.15) is 16.1 Å². The summed E-state index contributed by atoms with van der Waals surface area (Å²) in [6.45, 7) is 1.52. The number of benzene rings is 1. The number of carbonyl (C=O) groups is 1. The van der Waals surface area contributed by atoms with Crippen LogP contribution in [0.2, 0.25) is 0 Å². The Morgan fingerprint density at radius 3 is 2.90 bits per heavy atom. The maximum absolute atomic E-state index is 12.2. The van der Waals surface area contributed by atoms with E-state index in [-0.39, 0.29) is 5.91 Å². The first-order chi connectivity index (χ1) is 9.61. The molecule has 0 radical (unpaired) electrons. The number of amides is 1. The molecule has 1 aromatic heterocycles. The minimum absolute atomic E-state index is 0.163. The fraction of sp³-hybridized carbons (Fsp3) is 0.308. The molecule has 1 aromatic carbocycles. The summed E-state index contributed by atoms with van der Waals surface area (Å²) in [5.41, 5.74) is 6.80. The van der Waals surface area contributed by atoms with E-state index >= 15 is 0 Å². The average Bonchev–Trinajstić information content (AvgIpc) is 2.89. The molecule has 6 nitrogen and oxygen atoms in total. The summed E-state index contributed by atoms with van der Waals surface area (Å²) >= 11 is 3.47. The van der Waals surface area contributed by atoms with Gasteiger partial charge in [-0.1, -0.05) is 39.3 Å². The summed E-state index contributed by atoms with van der Waals surface area (Å²) in [5, 5.41) is 7.74. The predicted octanol–water partition coefficient (Wildman–Crippen LogP) is 1.27. The summed E-state index contributed by atoms with van der Waals surface area (Å²) in [5.74, 6) is -0.163. The van der Waals surface area contributed by atoms with E-state index in [1.165, 1.54) is 0 Å². The topological polar surface area (TPSA) is 77.0 Å². The Morgan fingerprint density at radius 2 is 2.20 bits per heavy atom. The number of carbonyl (C=O) groups excluding carboxylic acids is 1. The van der Waals surface area contributed by atoms with Gasteiger partial charge in [-0.2, -0.15) is 0 Å². The second-order valence-corrected chi connectivity index (χ2v) is 5.26. The molecule has 7 heteroatoms. The number of aromatic nitrogens is 3. The van der Waals surface area contributed by atoms with E-state index in [4.69, 9.17) is 5.73 Å². The second kappa shape index (κ2) is 6.62. The molecule has 0 saturated carbocycles. The third kappa shape index (κ3) is 3.43. The Labute approximate surface area is 125 Å². The molecule has 0 atom stereocenters. The Kier molecular flexibility index (Phi) is 4.86. The smallest absolute Gasteiger partial charge is 0.276 e. The first-order valence-corrected chi connectivity index (χ1v) is 7.00. The zero-order valence-corrected chi connectivity index (χ0v) is 12.7. The van der Waals surface area contributed by atoms with E-state index < -0.39 is 0 Å². The van der Waals surface area contributed by atoms with Crippen molar-refractivity contribution in [1.82, 2.24) is 19.9 Å². The second-order valence-electron chi connectivity index (χ2n) is 4.41. The molecule has 2 N–H and O–H groups in total. The molecular weight excluding hydrogens is 322 g/mol. The quantitative estimate of drug-likeness (QED) is 0.891. The Hall–Kier alpha value is -1.73. The lowest BCUT2D eigenvalue weighted by Crippen LogP contribution is -2.26. The molecular formula is C13H16BrN5O. The lowest BCUT2D eigenvalue weighted by Gasteiger charge is -2.16. The van der Waals surface area contributed by atoms with Crippen molar-refractivity contribution >= 4 is 21.8 Å². The SMILES string of the molecule is CN(Cc1ccccc1Br)C(=O)c1cn(CCN)nn1. The van der Waals surface area contributed by atoms with Crippen LogP contribution in [0.4, 0.5) is 0 Å². The monoisotopic (exact) mass is 337 g/mol. The van der Waals surface area contributed by atoms with Gasteiger partial charge in [0.25, 0.3) is 5.91 Å². The summed E-state index contributed by atoms with van der Waals surface area (Å²) in [6.07, 6.45) is 1.62. The fourth-order valence-electron chi connectivity index (χ4n) is 1.79. The number of hydrogen-bond acceptors (Lipinski definition) is 4. The standard InChI is InChI=1S/C13H16BrN5O/c1-18(8-10-4-2-3-5-11(10)14)13(20)12-9-19(7-6-15)17-16-12/h2-5,9H,6-8,15H2,1H3. The summed E-state index contributed by atoms with van der Waals surface area (Å²) in [6, 6.07) is 7.80. The van der Waals surface area contributed by atoms with E-state index in [2.05, 4.69) is 26.2 Å². The third-order valence-electron chi connectivity index (χ3n) is 2.83. The van der Waals surface area contributed by atoms with Gasteiger partial charge in [-0.15, -0.1) is 5.10 Å². The fourth-order valence-corrected chi connectivity index (χ4v) is 2.20. The number of nitrogens with two attached hydrogens (primary N) is 1. The zero-order chi connectivity index (χ0) is 14.5. The van der Waals surface area contributed by atoms with Crippen LogP contribution in [0.3, 0.4) is 0 Å². The van der Waals surface area contributed by atoms with Gasteiger partial charge in [-0.25, -0.2) is 0 Å². The molecule has 20 heavy (non-hydrogen) atoms. The molecule has 0 unspecified atom stereocenters. The minimum Gasteiger partial charge on any atom is -0.336 e. The highest BCUT2D eigenvalue weighted by atomic mass is 79.9. The van der Waals surface area contributed by atoms with Crippen LogP contribution in [-0.4, -0.2) is 39.4 Å². The summed E-state index contributed by atoms with van der Waals surface area (Å²) in [4.78, 5) is 13.8. The molecule has 106 valence electrons. The number of halogens is 1. The van der Waals surface area contributed by atoms with E-state index in [0.29, 0.717) is 25.3 Å². The van der Waals surface area contributed by atoms with Gasteiger partial charge in [0.15, 0.2) is 5.69 Å². The molecule has 0 aliphatic heterocycles. The van der Waals surface area contributed by atoms with Crippen LogP contribution in [0.15, 0.2) is 34.9 Å². The van der Waals surface area contributed by atoms with Crippen LogP contribution >= 0.6 is 15.9 Å². The number of hydrogen-bond donors (Lipinski definition) is 1. The highest BCUT2D eigenvalue weighted by Crippen LogP contribution is 2.17. The van der Waals surface area contributed by atoms with E-state index in [1.807, 2.05) is 24.3 Å². The number of rotatable bonds is 5. The maximum Gasteiger partial charge on any atom is 0.276 e. The zero-order valence-electron chi connectivity index (χ0n) is 11.2. The van der Waals surface area contributed by atoms with E-state index in [0.717, 1.165) is 10.0 Å². The Bertz CT molecular complexity index is 598. The maximum atomic E-state index is 12.2. The Balaban J connectivity index is 2.06. The lowest BCUT2D eigenvalue weighted by atomic mass is 10.2. The van der Waals surface area contributed by atoms with Crippen molar-refractivity contribution in [3.8, 4) is 0 Å².